The first-order valence-electron chi connectivity index (χ1n) is 10.5. The second kappa shape index (κ2) is 12.8. The third-order valence-corrected chi connectivity index (χ3v) is 4.24. The van der Waals surface area contributed by atoms with Gasteiger partial charge in [-0.15, -0.1) is 0 Å². The molecule has 0 radical (unpaired) electrons. The van der Waals surface area contributed by atoms with Crippen LogP contribution < -0.4 is 16.0 Å². The number of guanidine groups is 1. The number of nitrogens with one attached hydrogen (secondary N) is 3. The summed E-state index contributed by atoms with van der Waals surface area (Å²) in [5, 5.41) is 9.39. The number of ether oxygens (including phenoxy) is 1. The summed E-state index contributed by atoms with van der Waals surface area (Å²) < 4.78 is 5.22. The molecule has 1 amide bonds. The lowest BCUT2D eigenvalue weighted by Gasteiger charge is -2.28. The Morgan fingerprint density at radius 3 is 2.41 bits per heavy atom. The number of rotatable bonds is 9. The molecule has 158 valence electrons. The van der Waals surface area contributed by atoms with Crippen LogP contribution in [0.25, 0.3) is 0 Å². The molecule has 0 saturated carbocycles. The smallest absolute Gasteiger partial charge is 0.407 e. The van der Waals surface area contributed by atoms with Crippen molar-refractivity contribution in [3.05, 3.63) is 0 Å². The largest absolute Gasteiger partial charge is 0.444 e. The SMILES string of the molecule is CCNC(=NCC(C)CN1CCCCC1)NCCCNC(=O)OC(C)(C)C. The highest BCUT2D eigenvalue weighted by Gasteiger charge is 2.15. The van der Waals surface area contributed by atoms with Gasteiger partial charge in [0.2, 0.25) is 0 Å². The molecule has 1 saturated heterocycles. The van der Waals surface area contributed by atoms with E-state index in [0.717, 1.165) is 38.6 Å². The van der Waals surface area contributed by atoms with Crippen LogP contribution in [0, 0.1) is 5.92 Å². The number of carbonyl (C=O) groups is 1. The number of hydrogen-bond acceptors (Lipinski definition) is 4. The minimum absolute atomic E-state index is 0.366. The quantitative estimate of drug-likeness (QED) is 0.324. The van der Waals surface area contributed by atoms with Crippen LogP contribution in [0.3, 0.4) is 0 Å². The lowest BCUT2D eigenvalue weighted by molar-refractivity contribution is 0.0527. The number of carbonyl (C=O) groups excluding carboxylic acids is 1. The Morgan fingerprint density at radius 2 is 1.78 bits per heavy atom. The van der Waals surface area contributed by atoms with Gasteiger partial charge in [0.25, 0.3) is 0 Å². The van der Waals surface area contributed by atoms with Gasteiger partial charge in [0, 0.05) is 32.7 Å². The van der Waals surface area contributed by atoms with E-state index >= 15 is 0 Å². The summed E-state index contributed by atoms with van der Waals surface area (Å²) in [6.45, 7) is 16.5. The number of nitrogens with zero attached hydrogens (tertiary/aromatic N) is 2. The lowest BCUT2D eigenvalue weighted by atomic mass is 10.1. The molecule has 3 N–H and O–H groups in total. The summed E-state index contributed by atoms with van der Waals surface area (Å²) in [5.41, 5.74) is -0.460. The molecule has 0 spiro atoms. The fourth-order valence-corrected chi connectivity index (χ4v) is 3.03. The van der Waals surface area contributed by atoms with Gasteiger partial charge < -0.3 is 25.6 Å². The number of likely N-dealkylation sites (tertiary alicyclic amines) is 1. The van der Waals surface area contributed by atoms with Gasteiger partial charge in [-0.3, -0.25) is 4.99 Å². The van der Waals surface area contributed by atoms with E-state index in [4.69, 9.17) is 9.73 Å². The van der Waals surface area contributed by atoms with Crippen molar-refractivity contribution in [3.63, 3.8) is 0 Å². The monoisotopic (exact) mass is 383 g/mol. The highest BCUT2D eigenvalue weighted by Crippen LogP contribution is 2.11. The van der Waals surface area contributed by atoms with Gasteiger partial charge in [-0.2, -0.15) is 0 Å². The Balaban J connectivity index is 2.23. The molecule has 7 nitrogen and oxygen atoms in total. The van der Waals surface area contributed by atoms with Crippen molar-refractivity contribution < 1.29 is 9.53 Å². The van der Waals surface area contributed by atoms with Gasteiger partial charge in [-0.25, -0.2) is 4.79 Å². The third-order valence-electron chi connectivity index (χ3n) is 4.24. The zero-order chi connectivity index (χ0) is 20.1. The fraction of sp³-hybridized carbons (Fsp3) is 0.900. The van der Waals surface area contributed by atoms with Gasteiger partial charge in [0.1, 0.15) is 5.60 Å². The summed E-state index contributed by atoms with van der Waals surface area (Å²) >= 11 is 0. The van der Waals surface area contributed by atoms with E-state index in [2.05, 4.69) is 34.7 Å². The Kier molecular flexibility index (Phi) is 11.2. The van der Waals surface area contributed by atoms with E-state index in [1.54, 1.807) is 0 Å². The van der Waals surface area contributed by atoms with Crippen molar-refractivity contribution in [1.29, 1.82) is 0 Å². The topological polar surface area (TPSA) is 78.0 Å². The van der Waals surface area contributed by atoms with Gasteiger partial charge in [-0.1, -0.05) is 13.3 Å². The van der Waals surface area contributed by atoms with Gasteiger partial charge in [0.15, 0.2) is 5.96 Å². The van der Waals surface area contributed by atoms with Crippen molar-refractivity contribution in [3.8, 4) is 0 Å². The second-order valence-corrected chi connectivity index (χ2v) is 8.40. The molecule has 0 bridgehead atoms. The maximum absolute atomic E-state index is 11.6. The van der Waals surface area contributed by atoms with Crippen LogP contribution in [0.2, 0.25) is 0 Å². The maximum atomic E-state index is 11.6. The first kappa shape index (κ1) is 23.5. The number of alkyl carbamates (subject to hydrolysis) is 1. The molecule has 7 heteroatoms. The number of piperidine rings is 1. The van der Waals surface area contributed by atoms with Crippen LogP contribution >= 0.6 is 0 Å². The molecule has 0 aliphatic carbocycles. The molecule has 0 aromatic heterocycles. The average Bonchev–Trinajstić information content (AvgIpc) is 2.58. The van der Waals surface area contributed by atoms with E-state index in [9.17, 15) is 4.79 Å². The summed E-state index contributed by atoms with van der Waals surface area (Å²) in [6, 6.07) is 0. The minimum atomic E-state index is -0.460. The van der Waals surface area contributed by atoms with Crippen molar-refractivity contribution in [2.75, 3.05) is 45.8 Å². The van der Waals surface area contributed by atoms with E-state index in [1.807, 2.05) is 20.8 Å². The van der Waals surface area contributed by atoms with E-state index in [-0.39, 0.29) is 6.09 Å². The first-order valence-corrected chi connectivity index (χ1v) is 10.5. The van der Waals surface area contributed by atoms with Crippen molar-refractivity contribution >= 4 is 12.1 Å². The number of aliphatic imine (C=N–C) groups is 1. The molecule has 1 heterocycles. The van der Waals surface area contributed by atoms with Gasteiger partial charge in [-0.05, 0) is 66.0 Å². The predicted molar refractivity (Wildman–Crippen MR) is 112 cm³/mol. The molecular formula is C20H41N5O2. The van der Waals surface area contributed by atoms with Crippen molar-refractivity contribution in [1.82, 2.24) is 20.9 Å². The van der Waals surface area contributed by atoms with Gasteiger partial charge >= 0.3 is 6.09 Å². The van der Waals surface area contributed by atoms with Gasteiger partial charge in [0.05, 0.1) is 0 Å². The summed E-state index contributed by atoms with van der Waals surface area (Å²) in [7, 11) is 0. The zero-order valence-corrected chi connectivity index (χ0v) is 18.1. The number of amides is 1. The Bertz CT molecular complexity index is 442. The van der Waals surface area contributed by atoms with Crippen molar-refractivity contribution in [2.45, 2.75) is 65.9 Å². The second-order valence-electron chi connectivity index (χ2n) is 8.40. The first-order chi connectivity index (χ1) is 12.8. The predicted octanol–water partition coefficient (Wildman–Crippen LogP) is 2.58. The number of hydrogen-bond donors (Lipinski definition) is 3. The summed E-state index contributed by atoms with van der Waals surface area (Å²) in [6.07, 6.45) is 4.48. The molecule has 1 unspecified atom stereocenters. The third kappa shape index (κ3) is 12.5. The Morgan fingerprint density at radius 1 is 1.11 bits per heavy atom. The average molecular weight is 384 g/mol. The van der Waals surface area contributed by atoms with E-state index in [1.165, 1.54) is 32.4 Å². The standard InChI is InChI=1S/C20H41N5O2/c1-6-21-18(22-11-10-12-23-19(26)27-20(3,4)5)24-15-17(2)16-25-13-8-7-9-14-25/h17H,6-16H2,1-5H3,(H,23,26)(H2,21,22,24). The van der Waals surface area contributed by atoms with Crippen LogP contribution in [-0.2, 0) is 4.74 Å². The van der Waals surface area contributed by atoms with E-state index < -0.39 is 5.60 Å². The highest BCUT2D eigenvalue weighted by atomic mass is 16.6. The zero-order valence-electron chi connectivity index (χ0n) is 18.1. The molecule has 1 rings (SSSR count). The molecule has 0 aromatic rings. The minimum Gasteiger partial charge on any atom is -0.444 e. The molecular weight excluding hydrogens is 342 g/mol. The molecule has 1 atom stereocenters. The van der Waals surface area contributed by atoms with Crippen molar-refractivity contribution in [2.24, 2.45) is 10.9 Å². The van der Waals surface area contributed by atoms with Crippen LogP contribution in [0.4, 0.5) is 4.79 Å². The molecule has 1 fully saturated rings. The van der Waals surface area contributed by atoms with Crippen LogP contribution in [0.1, 0.15) is 60.3 Å². The highest BCUT2D eigenvalue weighted by molar-refractivity contribution is 5.79. The fourth-order valence-electron chi connectivity index (χ4n) is 3.03. The van der Waals surface area contributed by atoms with E-state index in [0.29, 0.717) is 12.5 Å². The maximum Gasteiger partial charge on any atom is 0.407 e. The normalized spacial score (nSPS) is 17.3. The van der Waals surface area contributed by atoms with Crippen LogP contribution in [0.15, 0.2) is 4.99 Å². The Labute approximate surface area is 165 Å². The Hall–Kier alpha value is -1.50. The van der Waals surface area contributed by atoms with Crippen LogP contribution in [-0.4, -0.2) is 68.4 Å². The summed E-state index contributed by atoms with van der Waals surface area (Å²) in [5.74, 6) is 1.40. The summed E-state index contributed by atoms with van der Waals surface area (Å²) in [4.78, 5) is 18.9. The molecule has 1 aliphatic heterocycles. The molecule has 1 aliphatic rings. The molecule has 27 heavy (non-hydrogen) atoms. The van der Waals surface area contributed by atoms with Crippen LogP contribution in [0.5, 0.6) is 0 Å². The molecule has 0 aromatic carbocycles. The lowest BCUT2D eigenvalue weighted by Crippen LogP contribution is -2.40.